The van der Waals surface area contributed by atoms with Gasteiger partial charge in [-0.2, -0.15) is 0 Å². The van der Waals surface area contributed by atoms with Crippen LogP contribution in [0.4, 0.5) is 9.59 Å². The minimum atomic E-state index is -0.781. The second-order valence-corrected chi connectivity index (χ2v) is 8.35. The Balaban J connectivity index is 1.62. The first-order valence-electron chi connectivity index (χ1n) is 10.1. The molecule has 9 nitrogen and oxygen atoms in total. The Labute approximate surface area is 181 Å². The SMILES string of the molecule is [CH2+]C(C)(C)OC(=O)N1CCC(N(C)C(=O)n2cnc(-c3cccc(C(N)=O)c3)c2)CC1. The van der Waals surface area contributed by atoms with Gasteiger partial charge in [0, 0.05) is 57.4 Å². The van der Waals surface area contributed by atoms with Gasteiger partial charge in [0.2, 0.25) is 11.5 Å². The van der Waals surface area contributed by atoms with Crippen molar-refractivity contribution < 1.29 is 19.1 Å². The zero-order valence-electron chi connectivity index (χ0n) is 18.1. The minimum absolute atomic E-state index is 0.00616. The number of nitrogens with zero attached hydrogens (tertiary/aromatic N) is 4. The molecule has 1 aromatic heterocycles. The summed E-state index contributed by atoms with van der Waals surface area (Å²) in [5.41, 5.74) is 6.20. The van der Waals surface area contributed by atoms with Crippen LogP contribution >= 0.6 is 0 Å². The van der Waals surface area contributed by atoms with Crippen molar-refractivity contribution in [1.29, 1.82) is 0 Å². The number of carbonyl (C=O) groups excluding carboxylic acids is 3. The molecule has 3 amide bonds. The summed E-state index contributed by atoms with van der Waals surface area (Å²) in [4.78, 5) is 44.1. The van der Waals surface area contributed by atoms with Crippen LogP contribution in [0, 0.1) is 6.92 Å². The standard InChI is InChI=1S/C22H27N5O4/c1-22(2,3)31-21(30)26-10-8-17(9-11-26)25(4)20(29)27-13-18(24-14-27)15-6-5-7-16(12-15)19(23)28/h5-7,12-14,17H,1,8-11H2,2-4H3,(H-,23,28)/p+1. The van der Waals surface area contributed by atoms with E-state index in [0.29, 0.717) is 42.8 Å². The highest BCUT2D eigenvalue weighted by atomic mass is 16.6. The molecule has 2 N–H and O–H groups in total. The van der Waals surface area contributed by atoms with Gasteiger partial charge in [0.25, 0.3) is 0 Å². The largest absolute Gasteiger partial charge is 0.413 e. The van der Waals surface area contributed by atoms with Gasteiger partial charge in [0.1, 0.15) is 13.3 Å². The number of likely N-dealkylation sites (tertiary alicyclic amines) is 1. The zero-order chi connectivity index (χ0) is 22.8. The maximum Gasteiger partial charge on any atom is 0.413 e. The molecule has 9 heteroatoms. The number of hydrogen-bond donors (Lipinski definition) is 1. The van der Waals surface area contributed by atoms with E-state index >= 15 is 0 Å². The summed E-state index contributed by atoms with van der Waals surface area (Å²) in [6, 6.07) is 6.57. The molecule has 0 atom stereocenters. The fraction of sp³-hybridized carbons (Fsp3) is 0.409. The predicted molar refractivity (Wildman–Crippen MR) is 115 cm³/mol. The summed E-state index contributed by atoms with van der Waals surface area (Å²) in [5.74, 6) is -0.522. The van der Waals surface area contributed by atoms with E-state index < -0.39 is 11.5 Å². The molecule has 2 aromatic rings. The van der Waals surface area contributed by atoms with Crippen LogP contribution in [-0.2, 0) is 4.74 Å². The highest BCUT2D eigenvalue weighted by Crippen LogP contribution is 2.21. The fourth-order valence-electron chi connectivity index (χ4n) is 3.48. The van der Waals surface area contributed by atoms with Crippen molar-refractivity contribution in [2.24, 2.45) is 5.73 Å². The number of ether oxygens (including phenoxy) is 1. The second-order valence-electron chi connectivity index (χ2n) is 8.35. The van der Waals surface area contributed by atoms with Gasteiger partial charge in [0.15, 0.2) is 0 Å². The lowest BCUT2D eigenvalue weighted by atomic mass is 10.0. The summed E-state index contributed by atoms with van der Waals surface area (Å²) in [6.07, 6.45) is 3.99. The number of aromatic nitrogens is 2. The first kappa shape index (κ1) is 22.2. The van der Waals surface area contributed by atoms with Crippen molar-refractivity contribution in [1.82, 2.24) is 19.4 Å². The quantitative estimate of drug-likeness (QED) is 0.756. The molecular weight excluding hydrogens is 398 g/mol. The summed E-state index contributed by atoms with van der Waals surface area (Å²) < 4.78 is 6.73. The van der Waals surface area contributed by atoms with Crippen LogP contribution < -0.4 is 5.73 Å². The highest BCUT2D eigenvalue weighted by molar-refractivity contribution is 5.94. The lowest BCUT2D eigenvalue weighted by molar-refractivity contribution is 0.0302. The summed E-state index contributed by atoms with van der Waals surface area (Å²) in [7, 11) is 1.74. The third kappa shape index (κ3) is 5.36. The number of benzene rings is 1. The molecule has 1 aliphatic heterocycles. The van der Waals surface area contributed by atoms with Gasteiger partial charge in [-0.25, -0.2) is 14.6 Å². The summed E-state index contributed by atoms with van der Waals surface area (Å²) in [6.45, 7) is 8.26. The number of amides is 3. The average molecular weight is 426 g/mol. The van der Waals surface area contributed by atoms with E-state index in [4.69, 9.17) is 10.5 Å². The normalized spacial score (nSPS) is 14.9. The first-order valence-corrected chi connectivity index (χ1v) is 10.1. The fourth-order valence-corrected chi connectivity index (χ4v) is 3.48. The molecule has 164 valence electrons. The van der Waals surface area contributed by atoms with E-state index in [1.54, 1.807) is 61.2 Å². The smallest absolute Gasteiger partial charge is 0.403 e. The molecule has 3 rings (SSSR count). The van der Waals surface area contributed by atoms with Gasteiger partial charge in [0.05, 0.1) is 5.69 Å². The maximum atomic E-state index is 12.9. The Kier molecular flexibility index (Phi) is 6.24. The molecule has 1 aliphatic rings. The van der Waals surface area contributed by atoms with Gasteiger partial charge >= 0.3 is 12.1 Å². The minimum Gasteiger partial charge on any atom is -0.403 e. The number of rotatable bonds is 4. The molecule has 1 saturated heterocycles. The molecular formula is C22H28N5O4+. The topological polar surface area (TPSA) is 111 Å². The van der Waals surface area contributed by atoms with Crippen molar-refractivity contribution in [3.8, 4) is 11.3 Å². The Morgan fingerprint density at radius 1 is 1.26 bits per heavy atom. The number of hydrogen-bond acceptors (Lipinski definition) is 5. The van der Waals surface area contributed by atoms with Crippen LogP contribution in [0.3, 0.4) is 0 Å². The van der Waals surface area contributed by atoms with Crippen LogP contribution in [0.2, 0.25) is 0 Å². The van der Waals surface area contributed by atoms with Gasteiger partial charge in [-0.15, -0.1) is 0 Å². The number of carbonyl (C=O) groups is 3. The molecule has 0 saturated carbocycles. The Bertz CT molecular complexity index is 970. The molecule has 0 aliphatic carbocycles. The van der Waals surface area contributed by atoms with Crippen molar-refractivity contribution >= 4 is 18.0 Å². The lowest BCUT2D eigenvalue weighted by Gasteiger charge is -2.36. The zero-order valence-corrected chi connectivity index (χ0v) is 18.1. The molecule has 2 heterocycles. The molecule has 0 spiro atoms. The van der Waals surface area contributed by atoms with E-state index in [9.17, 15) is 14.4 Å². The molecule has 0 radical (unpaired) electrons. The van der Waals surface area contributed by atoms with Gasteiger partial charge < -0.3 is 20.3 Å². The van der Waals surface area contributed by atoms with E-state index in [0.717, 1.165) is 0 Å². The average Bonchev–Trinajstić information content (AvgIpc) is 3.22. The number of imidazole rings is 1. The molecule has 1 aromatic carbocycles. The van der Waals surface area contributed by atoms with Gasteiger partial charge in [-0.05, 0) is 25.0 Å². The van der Waals surface area contributed by atoms with Crippen molar-refractivity contribution in [2.75, 3.05) is 20.1 Å². The highest BCUT2D eigenvalue weighted by Gasteiger charge is 2.32. The Morgan fingerprint density at radius 3 is 2.55 bits per heavy atom. The van der Waals surface area contributed by atoms with Crippen molar-refractivity contribution in [2.45, 2.75) is 38.3 Å². The summed E-state index contributed by atoms with van der Waals surface area (Å²) >= 11 is 0. The maximum absolute atomic E-state index is 12.9. The van der Waals surface area contributed by atoms with Crippen LogP contribution in [0.25, 0.3) is 11.3 Å². The summed E-state index contributed by atoms with van der Waals surface area (Å²) in [5, 5.41) is 0. The van der Waals surface area contributed by atoms with Crippen molar-refractivity contribution in [3.05, 3.63) is 49.3 Å². The van der Waals surface area contributed by atoms with Crippen LogP contribution in [0.15, 0.2) is 36.8 Å². The Morgan fingerprint density at radius 2 is 1.94 bits per heavy atom. The molecule has 0 bridgehead atoms. The lowest BCUT2D eigenvalue weighted by Crippen LogP contribution is -2.49. The van der Waals surface area contributed by atoms with Gasteiger partial charge in [-0.1, -0.05) is 12.1 Å². The third-order valence-electron chi connectivity index (χ3n) is 5.18. The predicted octanol–water partition coefficient (Wildman–Crippen LogP) is 2.76. The van der Waals surface area contributed by atoms with Crippen molar-refractivity contribution in [3.63, 3.8) is 0 Å². The number of piperidine rings is 1. The van der Waals surface area contributed by atoms with E-state index in [2.05, 4.69) is 11.9 Å². The number of nitrogens with two attached hydrogens (primary N) is 1. The molecule has 31 heavy (non-hydrogen) atoms. The van der Waals surface area contributed by atoms with Crippen LogP contribution in [0.5, 0.6) is 0 Å². The van der Waals surface area contributed by atoms with Gasteiger partial charge in [-0.3, -0.25) is 9.36 Å². The van der Waals surface area contributed by atoms with E-state index in [1.165, 1.54) is 10.9 Å². The van der Waals surface area contributed by atoms with E-state index in [-0.39, 0.29) is 18.2 Å². The van der Waals surface area contributed by atoms with E-state index in [1.807, 2.05) is 0 Å². The Hall–Kier alpha value is -3.49. The monoisotopic (exact) mass is 426 g/mol. The van der Waals surface area contributed by atoms with Crippen LogP contribution in [-0.4, -0.2) is 69.2 Å². The van der Waals surface area contributed by atoms with Crippen LogP contribution in [0.1, 0.15) is 37.0 Å². The second kappa shape index (κ2) is 8.71. The first-order chi connectivity index (χ1) is 14.5. The number of primary amides is 1. The third-order valence-corrected chi connectivity index (χ3v) is 5.18. The molecule has 1 fully saturated rings. The molecule has 0 unspecified atom stereocenters.